The Morgan fingerprint density at radius 2 is 2.03 bits per heavy atom. The van der Waals surface area contributed by atoms with E-state index < -0.39 is 12.7 Å². The topological polar surface area (TPSA) is 70.5 Å². The summed E-state index contributed by atoms with van der Waals surface area (Å²) in [5, 5.41) is 3.16. The van der Waals surface area contributed by atoms with Gasteiger partial charge < -0.3 is 14.8 Å². The van der Waals surface area contributed by atoms with Gasteiger partial charge in [-0.15, -0.1) is 0 Å². The molecule has 0 saturated carbocycles. The molecule has 0 unspecified atom stereocenters. The predicted octanol–water partition coefficient (Wildman–Crippen LogP) is 3.18. The summed E-state index contributed by atoms with van der Waals surface area (Å²) in [6.07, 6.45) is -0.183. The molecule has 1 aliphatic rings. The van der Waals surface area contributed by atoms with Crippen LogP contribution in [0.25, 0.3) is 0 Å². The molecule has 166 valence electrons. The minimum absolute atomic E-state index is 0.0000813. The van der Waals surface area contributed by atoms with Gasteiger partial charge in [-0.3, -0.25) is 14.5 Å². The largest absolute Gasteiger partial charge is 0.401 e. The number of likely N-dealkylation sites (N-methyl/N-ethyl adjacent to an activating group) is 1. The Bertz CT molecular complexity index is 989. The van der Waals surface area contributed by atoms with Gasteiger partial charge >= 0.3 is 6.18 Å². The number of para-hydroxylation sites is 1. The SMILES string of the molecule is CN(C/C=C/C(=O)N1CCn2c(C(=O)Nc3ccccc3Cl)cnc2C1)CC(F)(F)F. The monoisotopic (exact) mass is 455 g/mol. The van der Waals surface area contributed by atoms with Crippen LogP contribution in [0.3, 0.4) is 0 Å². The van der Waals surface area contributed by atoms with Crippen molar-refractivity contribution in [3.8, 4) is 0 Å². The van der Waals surface area contributed by atoms with Crippen LogP contribution in [0.1, 0.15) is 16.3 Å². The number of imidazole rings is 1. The Kier molecular flexibility index (Phi) is 7.01. The fourth-order valence-electron chi connectivity index (χ4n) is 3.19. The molecular weight excluding hydrogens is 435 g/mol. The first-order valence-corrected chi connectivity index (χ1v) is 9.83. The van der Waals surface area contributed by atoms with Crippen molar-refractivity contribution >= 4 is 29.1 Å². The number of nitrogens with one attached hydrogen (secondary N) is 1. The van der Waals surface area contributed by atoms with E-state index >= 15 is 0 Å². The first-order chi connectivity index (χ1) is 14.6. The van der Waals surface area contributed by atoms with Gasteiger partial charge in [-0.25, -0.2) is 4.98 Å². The van der Waals surface area contributed by atoms with Gasteiger partial charge in [0.1, 0.15) is 11.5 Å². The van der Waals surface area contributed by atoms with Crippen molar-refractivity contribution in [3.05, 3.63) is 59.2 Å². The van der Waals surface area contributed by atoms with Gasteiger partial charge in [0.2, 0.25) is 5.91 Å². The summed E-state index contributed by atoms with van der Waals surface area (Å²) in [6, 6.07) is 6.87. The summed E-state index contributed by atoms with van der Waals surface area (Å²) < 4.78 is 38.7. The molecule has 2 heterocycles. The van der Waals surface area contributed by atoms with Crippen LogP contribution in [-0.2, 0) is 17.9 Å². The van der Waals surface area contributed by atoms with Crippen LogP contribution in [0.4, 0.5) is 18.9 Å². The molecule has 11 heteroatoms. The van der Waals surface area contributed by atoms with E-state index in [9.17, 15) is 22.8 Å². The van der Waals surface area contributed by atoms with E-state index in [1.54, 1.807) is 28.8 Å². The Labute approximate surface area is 182 Å². The van der Waals surface area contributed by atoms with Crippen LogP contribution in [0.15, 0.2) is 42.6 Å². The van der Waals surface area contributed by atoms with E-state index in [2.05, 4.69) is 10.3 Å². The summed E-state index contributed by atoms with van der Waals surface area (Å²) in [5.74, 6) is -0.137. The lowest BCUT2D eigenvalue weighted by atomic mass is 10.3. The molecule has 2 aromatic rings. The number of carbonyl (C=O) groups excluding carboxylic acids is 2. The maximum Gasteiger partial charge on any atom is 0.401 e. The number of carbonyl (C=O) groups is 2. The second-order valence-corrected chi connectivity index (χ2v) is 7.53. The first-order valence-electron chi connectivity index (χ1n) is 9.45. The number of hydrogen-bond acceptors (Lipinski definition) is 4. The molecule has 1 aromatic carbocycles. The molecule has 1 N–H and O–H groups in total. The third-order valence-corrected chi connectivity index (χ3v) is 4.99. The highest BCUT2D eigenvalue weighted by Crippen LogP contribution is 2.22. The number of nitrogens with zero attached hydrogens (tertiary/aromatic N) is 4. The average molecular weight is 456 g/mol. The first kappa shape index (κ1) is 22.8. The minimum atomic E-state index is -4.29. The van der Waals surface area contributed by atoms with E-state index in [1.807, 2.05) is 0 Å². The summed E-state index contributed by atoms with van der Waals surface area (Å²) in [7, 11) is 1.33. The third kappa shape index (κ3) is 6.08. The number of aromatic nitrogens is 2. The van der Waals surface area contributed by atoms with E-state index in [1.165, 1.54) is 30.3 Å². The van der Waals surface area contributed by atoms with Crippen LogP contribution in [-0.4, -0.2) is 64.0 Å². The molecular formula is C20H21ClF3N5O2. The zero-order valence-corrected chi connectivity index (χ0v) is 17.5. The lowest BCUT2D eigenvalue weighted by Crippen LogP contribution is -2.38. The van der Waals surface area contributed by atoms with Gasteiger partial charge in [0.05, 0.1) is 30.0 Å². The van der Waals surface area contributed by atoms with Gasteiger partial charge in [0.15, 0.2) is 0 Å². The second-order valence-electron chi connectivity index (χ2n) is 7.12. The number of rotatable bonds is 6. The maximum absolute atomic E-state index is 12.6. The minimum Gasteiger partial charge on any atom is -0.330 e. The van der Waals surface area contributed by atoms with E-state index in [-0.39, 0.29) is 24.9 Å². The highest BCUT2D eigenvalue weighted by Gasteiger charge is 2.29. The smallest absolute Gasteiger partial charge is 0.330 e. The zero-order valence-electron chi connectivity index (χ0n) is 16.7. The fourth-order valence-corrected chi connectivity index (χ4v) is 3.37. The van der Waals surface area contributed by atoms with E-state index in [0.717, 1.165) is 4.90 Å². The van der Waals surface area contributed by atoms with Crippen molar-refractivity contribution in [3.63, 3.8) is 0 Å². The van der Waals surface area contributed by atoms with Crippen LogP contribution >= 0.6 is 11.6 Å². The van der Waals surface area contributed by atoms with Gasteiger partial charge in [0, 0.05) is 25.7 Å². The number of anilines is 1. The number of hydrogen-bond donors (Lipinski definition) is 1. The summed E-state index contributed by atoms with van der Waals surface area (Å²) in [4.78, 5) is 31.8. The van der Waals surface area contributed by atoms with Gasteiger partial charge in [0.25, 0.3) is 5.91 Å². The number of alkyl halides is 3. The lowest BCUT2D eigenvalue weighted by Gasteiger charge is -2.27. The standard InChI is InChI=1S/C20H21ClF3N5O2/c1-27(13-20(22,23)24)8-4-7-18(30)28-9-10-29-16(11-25-17(29)12-28)19(31)26-15-6-3-2-5-14(15)21/h2-7,11H,8-10,12-13H2,1H3,(H,26,31)/b7-4+. The van der Waals surface area contributed by atoms with E-state index in [0.29, 0.717) is 35.3 Å². The van der Waals surface area contributed by atoms with Crippen LogP contribution < -0.4 is 5.32 Å². The third-order valence-electron chi connectivity index (χ3n) is 4.66. The normalized spacial score (nSPS) is 14.2. The lowest BCUT2D eigenvalue weighted by molar-refractivity contribution is -0.141. The molecule has 0 saturated heterocycles. The summed E-state index contributed by atoms with van der Waals surface area (Å²) in [5.41, 5.74) is 0.837. The van der Waals surface area contributed by atoms with Crippen LogP contribution in [0.2, 0.25) is 5.02 Å². The number of benzene rings is 1. The molecule has 1 aromatic heterocycles. The van der Waals surface area contributed by atoms with Gasteiger partial charge in [-0.1, -0.05) is 29.8 Å². The van der Waals surface area contributed by atoms with Crippen molar-refractivity contribution in [1.82, 2.24) is 19.4 Å². The predicted molar refractivity (Wildman–Crippen MR) is 110 cm³/mol. The molecule has 31 heavy (non-hydrogen) atoms. The number of amides is 2. The maximum atomic E-state index is 12.6. The molecule has 0 spiro atoms. The molecule has 1 aliphatic heterocycles. The second kappa shape index (κ2) is 9.52. The highest BCUT2D eigenvalue weighted by molar-refractivity contribution is 6.33. The molecule has 2 amide bonds. The van der Waals surface area contributed by atoms with Gasteiger partial charge in [-0.05, 0) is 19.2 Å². The molecule has 3 rings (SSSR count). The zero-order chi connectivity index (χ0) is 22.6. The molecule has 0 aliphatic carbocycles. The van der Waals surface area contributed by atoms with Crippen molar-refractivity contribution < 1.29 is 22.8 Å². The van der Waals surface area contributed by atoms with Crippen molar-refractivity contribution in [2.75, 3.05) is 32.0 Å². The van der Waals surface area contributed by atoms with Crippen molar-refractivity contribution in [2.24, 2.45) is 0 Å². The number of fused-ring (bicyclic) bond motifs is 1. The Morgan fingerprint density at radius 1 is 1.29 bits per heavy atom. The number of halogens is 4. The molecule has 0 fully saturated rings. The van der Waals surface area contributed by atoms with E-state index in [4.69, 9.17) is 11.6 Å². The Hall–Kier alpha value is -2.85. The Balaban J connectivity index is 1.59. The molecule has 0 radical (unpaired) electrons. The molecule has 0 atom stereocenters. The van der Waals surface area contributed by atoms with Crippen LogP contribution in [0, 0.1) is 0 Å². The molecule has 0 bridgehead atoms. The highest BCUT2D eigenvalue weighted by atomic mass is 35.5. The summed E-state index contributed by atoms with van der Waals surface area (Å²) in [6.45, 7) is -0.141. The van der Waals surface area contributed by atoms with Gasteiger partial charge in [-0.2, -0.15) is 13.2 Å². The summed E-state index contributed by atoms with van der Waals surface area (Å²) >= 11 is 6.07. The van der Waals surface area contributed by atoms with Crippen LogP contribution in [0.5, 0.6) is 0 Å². The average Bonchev–Trinajstić information content (AvgIpc) is 3.11. The quantitative estimate of drug-likeness (QED) is 0.679. The Morgan fingerprint density at radius 3 is 2.74 bits per heavy atom. The fraction of sp³-hybridized carbons (Fsp3) is 0.350. The van der Waals surface area contributed by atoms with Crippen molar-refractivity contribution in [1.29, 1.82) is 0 Å². The molecule has 7 nitrogen and oxygen atoms in total. The van der Waals surface area contributed by atoms with Crippen molar-refractivity contribution in [2.45, 2.75) is 19.3 Å².